The second-order valence-electron chi connectivity index (χ2n) is 6.72. The summed E-state index contributed by atoms with van der Waals surface area (Å²) in [7, 11) is 1.82. The third kappa shape index (κ3) is 4.26. The van der Waals surface area contributed by atoms with Crippen molar-refractivity contribution in [3.63, 3.8) is 0 Å². The number of anilines is 1. The number of nitrogens with zero attached hydrogens (tertiary/aromatic N) is 2. The first-order valence-electron chi connectivity index (χ1n) is 9.45. The molecular formula is C23H20FN5O. The highest BCUT2D eigenvalue weighted by Crippen LogP contribution is 2.31. The number of aromatic amines is 1. The number of pyridine rings is 2. The van der Waals surface area contributed by atoms with Gasteiger partial charge in [0.2, 0.25) is 11.9 Å². The van der Waals surface area contributed by atoms with Crippen molar-refractivity contribution < 1.29 is 9.18 Å². The number of carbonyl (C=O) groups is 1. The molecule has 0 fully saturated rings. The van der Waals surface area contributed by atoms with Crippen LogP contribution in [0.5, 0.6) is 0 Å². The highest BCUT2D eigenvalue weighted by molar-refractivity contribution is 6.00. The van der Waals surface area contributed by atoms with Gasteiger partial charge in [-0.05, 0) is 42.9 Å². The molecule has 0 atom stereocenters. The summed E-state index contributed by atoms with van der Waals surface area (Å²) in [6.07, 6.45) is 8.38. The lowest BCUT2D eigenvalue weighted by molar-refractivity contribution is -0.111. The summed E-state index contributed by atoms with van der Waals surface area (Å²) in [4.78, 5) is 23.4. The lowest BCUT2D eigenvalue weighted by atomic mass is 10.0. The highest BCUT2D eigenvalue weighted by atomic mass is 19.1. The Hall–Kier alpha value is -3.84. The van der Waals surface area contributed by atoms with Gasteiger partial charge in [-0.25, -0.2) is 9.97 Å². The molecule has 3 aromatic heterocycles. The zero-order valence-corrected chi connectivity index (χ0v) is 16.3. The fourth-order valence-electron chi connectivity index (χ4n) is 3.18. The number of aromatic nitrogens is 3. The first-order chi connectivity index (χ1) is 14.6. The number of likely N-dealkylation sites (N-methyl/N-ethyl adjacent to an activating group) is 1. The molecular weight excluding hydrogens is 381 g/mol. The first kappa shape index (κ1) is 19.5. The molecule has 3 N–H and O–H groups in total. The van der Waals surface area contributed by atoms with Gasteiger partial charge in [0.05, 0.1) is 0 Å². The molecule has 3 heterocycles. The molecule has 30 heavy (non-hydrogen) atoms. The summed E-state index contributed by atoms with van der Waals surface area (Å²) in [6, 6.07) is 12.6. The Morgan fingerprint density at radius 1 is 1.10 bits per heavy atom. The van der Waals surface area contributed by atoms with Crippen molar-refractivity contribution in [2.24, 2.45) is 0 Å². The number of hydrogen-bond donors (Lipinski definition) is 3. The monoisotopic (exact) mass is 401 g/mol. The number of nitrogens with one attached hydrogen (secondary N) is 3. The maximum Gasteiger partial charge on any atom is 0.248 e. The number of H-pyrrole nitrogens is 1. The van der Waals surface area contributed by atoms with Crippen LogP contribution in [0.2, 0.25) is 0 Å². The van der Waals surface area contributed by atoms with Crippen molar-refractivity contribution in [1.29, 1.82) is 0 Å². The Morgan fingerprint density at radius 3 is 2.77 bits per heavy atom. The van der Waals surface area contributed by atoms with Crippen LogP contribution in [0.3, 0.4) is 0 Å². The van der Waals surface area contributed by atoms with E-state index in [1.165, 1.54) is 18.3 Å². The maximum absolute atomic E-state index is 13.2. The molecule has 7 heteroatoms. The predicted octanol–water partition coefficient (Wildman–Crippen LogP) is 4.15. The van der Waals surface area contributed by atoms with E-state index in [0.29, 0.717) is 12.2 Å². The van der Waals surface area contributed by atoms with Crippen LogP contribution >= 0.6 is 0 Å². The molecule has 1 aromatic carbocycles. The normalized spacial score (nSPS) is 11.3. The van der Waals surface area contributed by atoms with Crippen molar-refractivity contribution in [3.05, 3.63) is 79.2 Å². The molecule has 0 saturated carbocycles. The number of rotatable bonds is 6. The number of benzene rings is 1. The average molecular weight is 401 g/mol. The molecule has 4 rings (SSSR count). The molecule has 4 aromatic rings. The van der Waals surface area contributed by atoms with Crippen LogP contribution in [0.1, 0.15) is 0 Å². The van der Waals surface area contributed by atoms with Crippen molar-refractivity contribution in [2.75, 3.05) is 18.9 Å². The average Bonchev–Trinajstić information content (AvgIpc) is 3.18. The molecule has 0 unspecified atom stereocenters. The Balaban J connectivity index is 1.64. The van der Waals surface area contributed by atoms with Gasteiger partial charge in [0, 0.05) is 59.0 Å². The SMILES string of the molecule is CNC/C=C/C(=O)Nc1cccc(-c2cnc3[nH]cc(-c4ccc(F)nc4)c3c2)c1. The third-order valence-electron chi connectivity index (χ3n) is 4.62. The van der Waals surface area contributed by atoms with E-state index in [1.807, 2.05) is 43.6 Å². The molecule has 0 aliphatic heterocycles. The molecule has 0 bridgehead atoms. The zero-order valence-electron chi connectivity index (χ0n) is 16.3. The van der Waals surface area contributed by atoms with Gasteiger partial charge in [-0.1, -0.05) is 18.2 Å². The third-order valence-corrected chi connectivity index (χ3v) is 4.62. The fraction of sp³-hybridized carbons (Fsp3) is 0.0870. The van der Waals surface area contributed by atoms with Crippen LogP contribution in [-0.2, 0) is 4.79 Å². The molecule has 6 nitrogen and oxygen atoms in total. The minimum Gasteiger partial charge on any atom is -0.346 e. The lowest BCUT2D eigenvalue weighted by Gasteiger charge is -2.07. The summed E-state index contributed by atoms with van der Waals surface area (Å²) in [6.45, 7) is 0.627. The van der Waals surface area contributed by atoms with E-state index in [2.05, 4.69) is 25.6 Å². The number of fused-ring (bicyclic) bond motifs is 1. The summed E-state index contributed by atoms with van der Waals surface area (Å²) >= 11 is 0. The van der Waals surface area contributed by atoms with E-state index in [9.17, 15) is 9.18 Å². The van der Waals surface area contributed by atoms with E-state index in [1.54, 1.807) is 18.3 Å². The van der Waals surface area contributed by atoms with E-state index < -0.39 is 5.95 Å². The first-order valence-corrected chi connectivity index (χ1v) is 9.45. The van der Waals surface area contributed by atoms with Crippen LogP contribution in [-0.4, -0.2) is 34.5 Å². The van der Waals surface area contributed by atoms with Gasteiger partial charge in [-0.2, -0.15) is 4.39 Å². The molecule has 0 radical (unpaired) electrons. The Kier molecular flexibility index (Phi) is 5.63. The lowest BCUT2D eigenvalue weighted by Crippen LogP contribution is -2.10. The van der Waals surface area contributed by atoms with Gasteiger partial charge in [0.25, 0.3) is 0 Å². The molecule has 0 aliphatic rings. The fourth-order valence-corrected chi connectivity index (χ4v) is 3.18. The van der Waals surface area contributed by atoms with E-state index in [4.69, 9.17) is 0 Å². The Labute approximate surface area is 172 Å². The Bertz CT molecular complexity index is 1210. The van der Waals surface area contributed by atoms with Crippen molar-refractivity contribution >= 4 is 22.6 Å². The predicted molar refractivity (Wildman–Crippen MR) is 116 cm³/mol. The number of halogens is 1. The van der Waals surface area contributed by atoms with Crippen molar-refractivity contribution in [3.8, 4) is 22.3 Å². The van der Waals surface area contributed by atoms with Crippen LogP contribution in [0.4, 0.5) is 10.1 Å². The van der Waals surface area contributed by atoms with Crippen molar-refractivity contribution in [1.82, 2.24) is 20.3 Å². The molecule has 0 saturated heterocycles. The quantitative estimate of drug-likeness (QED) is 0.335. The highest BCUT2D eigenvalue weighted by Gasteiger charge is 2.10. The topological polar surface area (TPSA) is 82.7 Å². The van der Waals surface area contributed by atoms with E-state index >= 15 is 0 Å². The van der Waals surface area contributed by atoms with Crippen LogP contribution in [0, 0.1) is 5.95 Å². The number of carbonyl (C=O) groups excluding carboxylic acids is 1. The molecule has 1 amide bonds. The number of amides is 1. The van der Waals surface area contributed by atoms with E-state index in [0.717, 1.165) is 33.3 Å². The van der Waals surface area contributed by atoms with Crippen molar-refractivity contribution in [2.45, 2.75) is 0 Å². The standard InChI is InChI=1S/C23H20FN5O/c1-25-9-3-6-22(30)29-18-5-2-4-15(10-18)17-11-19-20(14-28-23(19)27-13-17)16-7-8-21(24)26-12-16/h2-8,10-14,25H,9H2,1H3,(H,27,28)(H,29,30)/b6-3+. The van der Waals surface area contributed by atoms with E-state index in [-0.39, 0.29) is 5.91 Å². The molecule has 0 spiro atoms. The summed E-state index contributed by atoms with van der Waals surface area (Å²) in [5, 5.41) is 6.72. The zero-order chi connectivity index (χ0) is 20.9. The van der Waals surface area contributed by atoms with Gasteiger partial charge in [-0.3, -0.25) is 4.79 Å². The van der Waals surface area contributed by atoms with Crippen LogP contribution < -0.4 is 10.6 Å². The summed E-state index contributed by atoms with van der Waals surface area (Å²) < 4.78 is 13.2. The van der Waals surface area contributed by atoms with Gasteiger partial charge < -0.3 is 15.6 Å². The van der Waals surface area contributed by atoms with Gasteiger partial charge in [-0.15, -0.1) is 0 Å². The minimum atomic E-state index is -0.517. The summed E-state index contributed by atoms with van der Waals surface area (Å²) in [5.74, 6) is -0.704. The minimum absolute atomic E-state index is 0.187. The van der Waals surface area contributed by atoms with Gasteiger partial charge in [0.1, 0.15) is 5.65 Å². The largest absolute Gasteiger partial charge is 0.346 e. The van der Waals surface area contributed by atoms with Crippen LogP contribution in [0.25, 0.3) is 33.3 Å². The van der Waals surface area contributed by atoms with Gasteiger partial charge in [0.15, 0.2) is 0 Å². The molecule has 150 valence electrons. The van der Waals surface area contributed by atoms with Gasteiger partial charge >= 0.3 is 0 Å². The Morgan fingerprint density at radius 2 is 1.97 bits per heavy atom. The summed E-state index contributed by atoms with van der Waals surface area (Å²) in [5.41, 5.74) is 4.95. The molecule has 0 aliphatic carbocycles. The second kappa shape index (κ2) is 8.67. The smallest absolute Gasteiger partial charge is 0.248 e. The maximum atomic E-state index is 13.2. The van der Waals surface area contributed by atoms with Crippen LogP contribution in [0.15, 0.2) is 73.2 Å². The number of hydrogen-bond acceptors (Lipinski definition) is 4. The second-order valence-corrected chi connectivity index (χ2v) is 6.72.